The van der Waals surface area contributed by atoms with Crippen LogP contribution in [0.15, 0.2) is 12.5 Å². The van der Waals surface area contributed by atoms with E-state index in [1.807, 2.05) is 6.20 Å². The van der Waals surface area contributed by atoms with Crippen LogP contribution in [0.4, 0.5) is 0 Å². The second-order valence-electron chi connectivity index (χ2n) is 50.4. The van der Waals surface area contributed by atoms with Gasteiger partial charge in [0.2, 0.25) is 0 Å². The number of nitrogens with zero attached hydrogens (tertiary/aromatic N) is 19. The summed E-state index contributed by atoms with van der Waals surface area (Å²) in [4.78, 5) is 53.0. The van der Waals surface area contributed by atoms with Gasteiger partial charge in [-0.1, -0.05) is 6.42 Å². The summed E-state index contributed by atoms with van der Waals surface area (Å²) in [6.07, 6.45) is 12.7. The molecule has 884 valence electrons. The fraction of sp³-hybridized carbons (Fsp3) is 0.976. The van der Waals surface area contributed by atoms with Gasteiger partial charge in [-0.2, -0.15) is 0 Å². The van der Waals surface area contributed by atoms with Crippen LogP contribution in [-0.2, 0) is 6.42 Å². The molecule has 0 aromatic carbocycles. The van der Waals surface area contributed by atoms with Crippen molar-refractivity contribution in [1.29, 1.82) is 0 Å². The lowest BCUT2D eigenvalue weighted by Crippen LogP contribution is -2.49. The first-order valence-corrected chi connectivity index (χ1v) is 60.9. The summed E-state index contributed by atoms with van der Waals surface area (Å²) in [6, 6.07) is 17.2. The first-order valence-electron chi connectivity index (χ1n) is 60.9. The number of nitrogens with one attached hydrogen (secondary N) is 1. The predicted octanol–water partition coefficient (Wildman–Crippen LogP) is 23.1. The number of aliphatic hydroxyl groups excluding tert-OH is 3. The maximum Gasteiger partial charge on any atom is 0.0921 e. The molecule has 146 heavy (non-hydrogen) atoms. The highest BCUT2D eigenvalue weighted by molar-refractivity contribution is 4.94. The van der Waals surface area contributed by atoms with Crippen molar-refractivity contribution < 1.29 is 15.3 Å². The Morgan fingerprint density at radius 3 is 0.582 bits per heavy atom. The average molecular weight is 2080 g/mol. The van der Waals surface area contributed by atoms with Crippen molar-refractivity contribution >= 4 is 0 Å². The SMILES string of the molecule is CC(C)N(CCCN(C(C)C)C(C)C)C(C)C.CC(C)N(CCCN(C(C)C)C(C)C)CCN(C(C)C)C(C)C.CC(C)N(CCCc1cnc[nH]1)C(C)C.CC(C)N(CCN(C(C)C)C(C)C)C(C)C.CC(C)N(CCN(CCN(C(C)C)C(C)C)CCN(C(C)C)C(C)C)C(C)C.CC(C)N(CCN1CCCCC1)C(C)C.CC(C)N(CCO)CCN(C(C)C)C(C)C.CC(C)N(CCO)CCN(CCO)C(C)C. The highest BCUT2D eigenvalue weighted by atomic mass is 16.3. The highest BCUT2D eigenvalue weighted by Crippen LogP contribution is 2.19. The minimum atomic E-state index is 0.208. The molecule has 0 amide bonds. The van der Waals surface area contributed by atoms with Gasteiger partial charge >= 0.3 is 0 Å². The largest absolute Gasteiger partial charge is 0.395 e. The molecule has 0 saturated carbocycles. The van der Waals surface area contributed by atoms with Gasteiger partial charge in [0, 0.05) is 305 Å². The van der Waals surface area contributed by atoms with Gasteiger partial charge < -0.3 is 25.2 Å². The molecule has 0 unspecified atom stereocenters. The lowest BCUT2D eigenvalue weighted by Gasteiger charge is -2.37. The van der Waals surface area contributed by atoms with Crippen molar-refractivity contribution in [2.24, 2.45) is 0 Å². The van der Waals surface area contributed by atoms with Gasteiger partial charge in [-0.05, 0) is 472 Å². The number of rotatable bonds is 70. The van der Waals surface area contributed by atoms with E-state index in [1.165, 1.54) is 123 Å². The maximum absolute atomic E-state index is 9.01. The molecule has 0 atom stereocenters. The van der Waals surface area contributed by atoms with E-state index in [0.29, 0.717) is 169 Å². The van der Waals surface area contributed by atoms with Crippen molar-refractivity contribution in [3.63, 3.8) is 0 Å². The van der Waals surface area contributed by atoms with Gasteiger partial charge in [-0.3, -0.25) is 83.3 Å². The van der Waals surface area contributed by atoms with E-state index in [4.69, 9.17) is 15.3 Å². The van der Waals surface area contributed by atoms with Gasteiger partial charge in [-0.15, -0.1) is 0 Å². The monoisotopic (exact) mass is 2080 g/mol. The number of aliphatic hydroxyl groups is 3. The molecule has 2 rings (SSSR count). The molecule has 1 aliphatic rings. The molecule has 2 heterocycles. The van der Waals surface area contributed by atoms with Gasteiger partial charge in [0.1, 0.15) is 0 Å². The first-order chi connectivity index (χ1) is 67.6. The molecule has 1 fully saturated rings. The molecule has 4 N–H and O–H groups in total. The van der Waals surface area contributed by atoms with E-state index in [2.05, 4.69) is 486 Å². The smallest absolute Gasteiger partial charge is 0.0921 e. The summed E-state index contributed by atoms with van der Waals surface area (Å²) in [5.41, 5.74) is 1.24. The zero-order chi connectivity index (χ0) is 114. The molecular weight excluding hydrogens is 1810 g/mol. The topological polar surface area (TPSA) is 148 Å². The fourth-order valence-corrected chi connectivity index (χ4v) is 21.5. The van der Waals surface area contributed by atoms with Crippen molar-refractivity contribution in [1.82, 2.24) is 98.2 Å². The Hall–Kier alpha value is -1.63. The van der Waals surface area contributed by atoms with Gasteiger partial charge in [0.25, 0.3) is 0 Å². The van der Waals surface area contributed by atoms with Crippen LogP contribution < -0.4 is 0 Å². The Morgan fingerprint density at radius 1 is 0.205 bits per heavy atom. The summed E-state index contributed by atoms with van der Waals surface area (Å²) < 4.78 is 0. The molecule has 23 nitrogen and oxygen atoms in total. The molecule has 1 aromatic rings. The lowest BCUT2D eigenvalue weighted by molar-refractivity contribution is 0.0990. The van der Waals surface area contributed by atoms with Crippen LogP contribution in [0.3, 0.4) is 0 Å². The third-order valence-corrected chi connectivity index (χ3v) is 29.8. The molecule has 0 radical (unpaired) electrons. The summed E-state index contributed by atoms with van der Waals surface area (Å²) >= 11 is 0. The minimum Gasteiger partial charge on any atom is -0.395 e. The van der Waals surface area contributed by atoms with E-state index in [1.54, 1.807) is 6.33 Å². The normalized spacial score (nSPS) is 13.6. The van der Waals surface area contributed by atoms with E-state index in [9.17, 15) is 0 Å². The molecule has 23 heteroatoms. The number of hydrogen-bond acceptors (Lipinski definition) is 22. The Labute approximate surface area is 918 Å². The van der Waals surface area contributed by atoms with Crippen LogP contribution in [0.2, 0.25) is 0 Å². The average Bonchev–Trinajstić information content (AvgIpc) is 1.10. The molecule has 0 spiro atoms. The number of likely N-dealkylation sites (tertiary alicyclic amines) is 1. The van der Waals surface area contributed by atoms with E-state index in [-0.39, 0.29) is 19.8 Å². The van der Waals surface area contributed by atoms with Crippen LogP contribution in [-0.4, -0.2) is 473 Å². The van der Waals surface area contributed by atoms with Gasteiger partial charge in [-0.25, -0.2) is 4.98 Å². The second kappa shape index (κ2) is 90.3. The number of piperidine rings is 1. The number of aryl methyl sites for hydroxylation is 1. The predicted molar refractivity (Wildman–Crippen MR) is 655 cm³/mol. The number of H-pyrrole nitrogens is 1. The Morgan fingerprint density at radius 2 is 0.384 bits per heavy atom. The number of aromatic nitrogens is 2. The van der Waals surface area contributed by atoms with Crippen molar-refractivity contribution in [2.75, 3.05) is 190 Å². The third-order valence-electron chi connectivity index (χ3n) is 29.8. The second-order valence-corrected chi connectivity index (χ2v) is 50.4. The number of hydrogen-bond donors (Lipinski definition) is 4. The van der Waals surface area contributed by atoms with E-state index >= 15 is 0 Å². The number of aromatic amines is 1. The summed E-state index contributed by atoms with van der Waals surface area (Å²) in [7, 11) is 0. The number of imidazole rings is 1. The molecule has 1 aliphatic heterocycles. The van der Waals surface area contributed by atoms with Gasteiger partial charge in [0.05, 0.1) is 26.1 Å². The van der Waals surface area contributed by atoms with Crippen LogP contribution >= 0.6 is 0 Å². The fourth-order valence-electron chi connectivity index (χ4n) is 21.5. The summed E-state index contributed by atoms with van der Waals surface area (Å²) in [5.74, 6) is 0. The zero-order valence-electron chi connectivity index (χ0n) is 110. The molecule has 0 bridgehead atoms. The summed E-state index contributed by atoms with van der Waals surface area (Å²) in [6.45, 7) is 157. The highest BCUT2D eigenvalue weighted by Gasteiger charge is 2.27. The lowest BCUT2D eigenvalue weighted by atomic mass is 10.1. The van der Waals surface area contributed by atoms with Crippen LogP contribution in [0.5, 0.6) is 0 Å². The quantitative estimate of drug-likeness (QED) is 0.0490. The third kappa shape index (κ3) is 76.9. The van der Waals surface area contributed by atoms with Crippen molar-refractivity contribution in [3.8, 4) is 0 Å². The zero-order valence-corrected chi connectivity index (χ0v) is 110. The first kappa shape index (κ1) is 155. The summed E-state index contributed by atoms with van der Waals surface area (Å²) in [5, 5.41) is 27.0. The maximum atomic E-state index is 9.01. The van der Waals surface area contributed by atoms with E-state index in [0.717, 1.165) is 98.0 Å². The molecule has 1 aromatic heterocycles. The van der Waals surface area contributed by atoms with Crippen molar-refractivity contribution in [3.05, 3.63) is 18.2 Å². The van der Waals surface area contributed by atoms with Gasteiger partial charge in [0.15, 0.2) is 0 Å². The minimum absolute atomic E-state index is 0.208. The molecular formula is C123H274N20O3. The van der Waals surface area contributed by atoms with Crippen LogP contribution in [0.25, 0.3) is 0 Å². The Bertz CT molecular complexity index is 2680. The Balaban J connectivity index is -0.000000387. The standard InChI is InChI=1S/C24H54N4.C20H45N3.C15H34N2.C14H32N2.C13H30N2O.C13H28N2.C12H23N3.C12H28N2O2/c1-19(2)26(20(3)4)16-13-25(14-17-27(21(5)6)22(7)8)15-18-28(23(9)10)24(11)12;1-16(2)21(14-15-23(19(7)8)20(9)10)12-11-13-22(17(3)4)18(5)6;1-12(2)16(13(3)4)10-9-11-17(14(5)6)15(7)8;1-11(2)15(12(3)4)9-10-16(13(5)6)14(7)8;1-11(2)14(9-10-16)7-8-15(12(3)4)13(5)6;1-12(2)15(13(3)4)11-10-14-8-6-5-7-9-14;1-10(2)15(11(3)4)7-5-6-12-8-13-9-14-12;1-11(2)13(7-9-15)5-6-14(8-10-16)12(3)4/h19-24H,13-18H2,1-12H3;16-20H,11-15H2,1-10H3;12-15H,9-11H2,1-8H3;11-14H,9-10H2,1-8H3;11-13,16H,7-10H2,1-6H3;12-13H,5-11H2,1-4H3;8-11H,5-7H2,1-4H3,(H,13,14);11-12,15-16H,5-10H2,1-4H3. The van der Waals surface area contributed by atoms with Crippen LogP contribution in [0.1, 0.15) is 432 Å². The Kier molecular flexibility index (Phi) is 95.9. The molecule has 1 saturated heterocycles. The van der Waals surface area contributed by atoms with Crippen LogP contribution in [0, 0.1) is 0 Å². The van der Waals surface area contributed by atoms with E-state index < -0.39 is 0 Å². The van der Waals surface area contributed by atoms with Crippen molar-refractivity contribution in [2.45, 2.75) is 602 Å². The molecule has 0 aliphatic carbocycles.